The number of carbonyl (C=O) groups is 1. The molecule has 34 heavy (non-hydrogen) atoms. The first-order valence-electron chi connectivity index (χ1n) is 12.1. The molecule has 0 aromatic heterocycles. The lowest BCUT2D eigenvalue weighted by Crippen LogP contribution is -2.43. The van der Waals surface area contributed by atoms with Gasteiger partial charge in [0, 0.05) is 12.0 Å². The summed E-state index contributed by atoms with van der Waals surface area (Å²) in [6.45, 7) is 16.2. The van der Waals surface area contributed by atoms with Crippen molar-refractivity contribution in [3.05, 3.63) is 82.4 Å². The summed E-state index contributed by atoms with van der Waals surface area (Å²) in [5.41, 5.74) is 7.98. The summed E-state index contributed by atoms with van der Waals surface area (Å²) >= 11 is 0. The third kappa shape index (κ3) is 4.83. The molecule has 3 aromatic carbocycles. The van der Waals surface area contributed by atoms with Gasteiger partial charge in [0.15, 0.2) is 5.78 Å². The van der Waals surface area contributed by atoms with Crippen molar-refractivity contribution in [1.29, 1.82) is 0 Å². The van der Waals surface area contributed by atoms with E-state index in [4.69, 9.17) is 9.16 Å². The van der Waals surface area contributed by atoms with Crippen LogP contribution in [-0.2, 0) is 13.0 Å². The molecule has 3 nitrogen and oxygen atoms in total. The minimum atomic E-state index is -1.87. The van der Waals surface area contributed by atoms with Crippen LogP contribution in [0.25, 0.3) is 11.1 Å². The van der Waals surface area contributed by atoms with Crippen LogP contribution in [-0.4, -0.2) is 14.1 Å². The van der Waals surface area contributed by atoms with Crippen LogP contribution in [0.1, 0.15) is 59.8 Å². The Balaban J connectivity index is 1.53. The van der Waals surface area contributed by atoms with Crippen molar-refractivity contribution >= 4 is 14.1 Å². The van der Waals surface area contributed by atoms with Gasteiger partial charge in [-0.15, -0.1) is 0 Å². The van der Waals surface area contributed by atoms with Gasteiger partial charge in [0.05, 0.1) is 0 Å². The van der Waals surface area contributed by atoms with Crippen LogP contribution in [0.5, 0.6) is 11.5 Å². The van der Waals surface area contributed by atoms with E-state index in [9.17, 15) is 4.79 Å². The van der Waals surface area contributed by atoms with Gasteiger partial charge in [-0.05, 0) is 102 Å². The second-order valence-corrected chi connectivity index (χ2v) is 15.7. The van der Waals surface area contributed by atoms with E-state index in [-0.39, 0.29) is 10.8 Å². The maximum atomic E-state index is 11.9. The fourth-order valence-corrected chi connectivity index (χ4v) is 5.29. The van der Waals surface area contributed by atoms with Crippen molar-refractivity contribution in [3.8, 4) is 22.6 Å². The molecular formula is C30H36O3Si. The molecule has 0 bridgehead atoms. The SMILES string of the molecule is Cc1cc(O[Si](C)(C)C(C)(C)C)ccc1-c1cccc(COc2ccc3c(c2)CCC3=O)c1C. The first-order valence-corrected chi connectivity index (χ1v) is 15.0. The Morgan fingerprint density at radius 1 is 0.853 bits per heavy atom. The van der Waals surface area contributed by atoms with E-state index in [1.165, 1.54) is 22.3 Å². The molecule has 0 fully saturated rings. The monoisotopic (exact) mass is 472 g/mol. The van der Waals surface area contributed by atoms with E-state index in [0.29, 0.717) is 13.0 Å². The number of Topliss-reactive ketones (excluding diaryl/α,β-unsaturated/α-hetero) is 1. The molecule has 4 rings (SSSR count). The van der Waals surface area contributed by atoms with E-state index in [1.807, 2.05) is 18.2 Å². The number of carbonyl (C=O) groups excluding carboxylic acids is 1. The minimum Gasteiger partial charge on any atom is -0.543 e. The highest BCUT2D eigenvalue weighted by atomic mass is 28.4. The number of fused-ring (bicyclic) bond motifs is 1. The van der Waals surface area contributed by atoms with Gasteiger partial charge >= 0.3 is 0 Å². The van der Waals surface area contributed by atoms with Crippen molar-refractivity contribution in [1.82, 2.24) is 0 Å². The molecule has 1 aliphatic rings. The Labute approximate surface area is 205 Å². The highest BCUT2D eigenvalue weighted by Crippen LogP contribution is 2.39. The number of aryl methyl sites for hydroxylation is 2. The summed E-state index contributed by atoms with van der Waals surface area (Å²) in [5.74, 6) is 2.02. The van der Waals surface area contributed by atoms with Crippen LogP contribution in [0.15, 0.2) is 54.6 Å². The average molecular weight is 473 g/mol. The lowest BCUT2D eigenvalue weighted by atomic mass is 9.94. The Hall–Kier alpha value is -2.85. The smallest absolute Gasteiger partial charge is 0.250 e. The summed E-state index contributed by atoms with van der Waals surface area (Å²) in [6, 6.07) is 18.7. The average Bonchev–Trinajstić information content (AvgIpc) is 3.13. The molecule has 0 spiro atoms. The lowest BCUT2D eigenvalue weighted by molar-refractivity contribution is 0.0994. The molecule has 0 heterocycles. The van der Waals surface area contributed by atoms with Crippen molar-refractivity contribution in [2.24, 2.45) is 0 Å². The third-order valence-corrected chi connectivity index (χ3v) is 11.9. The van der Waals surface area contributed by atoms with Crippen LogP contribution in [0.4, 0.5) is 0 Å². The van der Waals surface area contributed by atoms with E-state index in [2.05, 4.69) is 84.1 Å². The Morgan fingerprint density at radius 2 is 1.56 bits per heavy atom. The van der Waals surface area contributed by atoms with Gasteiger partial charge in [0.25, 0.3) is 0 Å². The first kappa shape index (κ1) is 24.3. The van der Waals surface area contributed by atoms with E-state index in [1.54, 1.807) is 0 Å². The molecule has 4 heteroatoms. The topological polar surface area (TPSA) is 35.5 Å². The number of ketones is 1. The third-order valence-electron chi connectivity index (χ3n) is 7.51. The number of rotatable bonds is 6. The maximum Gasteiger partial charge on any atom is 0.250 e. The molecule has 0 atom stereocenters. The zero-order chi connectivity index (χ0) is 24.7. The van der Waals surface area contributed by atoms with Gasteiger partial charge in [-0.1, -0.05) is 45.0 Å². The maximum absolute atomic E-state index is 11.9. The predicted molar refractivity (Wildman–Crippen MR) is 143 cm³/mol. The van der Waals surface area contributed by atoms with Gasteiger partial charge in [-0.2, -0.15) is 0 Å². The minimum absolute atomic E-state index is 0.166. The van der Waals surface area contributed by atoms with Gasteiger partial charge in [-0.3, -0.25) is 4.79 Å². The molecule has 1 aliphatic carbocycles. The number of benzene rings is 3. The molecule has 0 radical (unpaired) electrons. The van der Waals surface area contributed by atoms with Gasteiger partial charge < -0.3 is 9.16 Å². The summed E-state index contributed by atoms with van der Waals surface area (Å²) in [5, 5.41) is 0.166. The highest BCUT2D eigenvalue weighted by Gasteiger charge is 2.39. The zero-order valence-electron chi connectivity index (χ0n) is 21.5. The van der Waals surface area contributed by atoms with Crippen molar-refractivity contribution in [2.45, 2.75) is 72.2 Å². The number of hydrogen-bond donors (Lipinski definition) is 0. The Bertz CT molecular complexity index is 1230. The van der Waals surface area contributed by atoms with Gasteiger partial charge in [0.2, 0.25) is 8.32 Å². The Kier molecular flexibility index (Phi) is 6.47. The largest absolute Gasteiger partial charge is 0.543 e. The predicted octanol–water partition coefficient (Wildman–Crippen LogP) is 8.06. The summed E-state index contributed by atoms with van der Waals surface area (Å²) < 4.78 is 12.6. The fraction of sp³-hybridized carbons (Fsp3) is 0.367. The molecule has 3 aromatic rings. The van der Waals surface area contributed by atoms with Gasteiger partial charge in [0.1, 0.15) is 18.1 Å². The van der Waals surface area contributed by atoms with Crippen LogP contribution < -0.4 is 9.16 Å². The van der Waals surface area contributed by atoms with E-state index in [0.717, 1.165) is 34.6 Å². The normalized spacial score (nSPS) is 13.7. The van der Waals surface area contributed by atoms with Gasteiger partial charge in [-0.25, -0.2) is 0 Å². The molecular weight excluding hydrogens is 436 g/mol. The van der Waals surface area contributed by atoms with Crippen LogP contribution >= 0.6 is 0 Å². The summed E-state index contributed by atoms with van der Waals surface area (Å²) in [4.78, 5) is 11.9. The van der Waals surface area contributed by atoms with Crippen molar-refractivity contribution < 1.29 is 14.0 Å². The zero-order valence-corrected chi connectivity index (χ0v) is 22.5. The summed E-state index contributed by atoms with van der Waals surface area (Å²) in [6.07, 6.45) is 1.42. The van der Waals surface area contributed by atoms with Crippen molar-refractivity contribution in [2.75, 3.05) is 0 Å². The number of ether oxygens (including phenoxy) is 1. The van der Waals surface area contributed by atoms with Crippen molar-refractivity contribution in [3.63, 3.8) is 0 Å². The molecule has 0 unspecified atom stereocenters. The lowest BCUT2D eigenvalue weighted by Gasteiger charge is -2.36. The standard InChI is InChI=1S/C30H36O3Si/c1-20-17-25(33-34(6,7)30(3,4)5)13-14-26(20)27-10-8-9-23(21(27)2)19-32-24-12-15-28-22(18-24)11-16-29(28)31/h8-10,12-15,17-18H,11,16,19H2,1-7H3. The Morgan fingerprint density at radius 3 is 2.26 bits per heavy atom. The highest BCUT2D eigenvalue weighted by molar-refractivity contribution is 6.74. The van der Waals surface area contributed by atoms with Crippen LogP contribution in [0, 0.1) is 13.8 Å². The second kappa shape index (κ2) is 9.07. The number of hydrogen-bond acceptors (Lipinski definition) is 3. The fourth-order valence-electron chi connectivity index (χ4n) is 4.26. The molecule has 0 aliphatic heterocycles. The molecule has 178 valence electrons. The first-order chi connectivity index (χ1) is 16.0. The molecule has 0 saturated heterocycles. The molecule has 0 N–H and O–H groups in total. The molecule has 0 amide bonds. The summed E-state index contributed by atoms with van der Waals surface area (Å²) in [7, 11) is -1.87. The quantitative estimate of drug-likeness (QED) is 0.340. The van der Waals surface area contributed by atoms with Crippen LogP contribution in [0.3, 0.4) is 0 Å². The van der Waals surface area contributed by atoms with Crippen LogP contribution in [0.2, 0.25) is 18.1 Å². The second-order valence-electron chi connectivity index (χ2n) is 11.0. The van der Waals surface area contributed by atoms with E-state index >= 15 is 0 Å². The van der Waals surface area contributed by atoms with E-state index < -0.39 is 8.32 Å². The molecule has 0 saturated carbocycles.